The molecule has 0 bridgehead atoms. The zero-order valence-corrected chi connectivity index (χ0v) is 22.2. The Balaban J connectivity index is 1.90. The molecule has 0 N–H and O–H groups in total. The predicted octanol–water partition coefficient (Wildman–Crippen LogP) is 7.55. The number of methoxy groups -OCH3 is 1. The van der Waals surface area contributed by atoms with Crippen molar-refractivity contribution >= 4 is 10.1 Å². The quantitative estimate of drug-likeness (QED) is 0.177. The minimum absolute atomic E-state index is 0.0468. The molecule has 0 saturated carbocycles. The molecule has 0 saturated heterocycles. The van der Waals surface area contributed by atoms with Crippen LogP contribution in [0.1, 0.15) is 63.0 Å². The van der Waals surface area contributed by atoms with E-state index in [1.807, 2.05) is 43.3 Å². The fraction of sp³-hybridized carbons (Fsp3) is 0.367. The monoisotopic (exact) mass is 505 g/mol. The second kappa shape index (κ2) is 12.7. The summed E-state index contributed by atoms with van der Waals surface area (Å²) in [5, 5.41) is 10.3. The van der Waals surface area contributed by atoms with Gasteiger partial charge in [0.05, 0.1) is 12.0 Å². The van der Waals surface area contributed by atoms with Gasteiger partial charge < -0.3 is 4.74 Å². The molecule has 0 radical (unpaired) electrons. The summed E-state index contributed by atoms with van der Waals surface area (Å²) >= 11 is 0. The number of hydrogen-bond acceptors (Lipinski definition) is 5. The van der Waals surface area contributed by atoms with Crippen molar-refractivity contribution in [2.45, 2.75) is 69.3 Å². The zero-order valence-electron chi connectivity index (χ0n) is 21.4. The lowest BCUT2D eigenvalue weighted by molar-refractivity contribution is 0.122. The van der Waals surface area contributed by atoms with E-state index < -0.39 is 15.7 Å². The van der Waals surface area contributed by atoms with Crippen LogP contribution in [0.2, 0.25) is 0 Å². The number of aryl methyl sites for hydroxylation is 1. The van der Waals surface area contributed by atoms with Crippen LogP contribution in [-0.4, -0.2) is 15.5 Å². The molecule has 0 aliphatic rings. The molecule has 1 unspecified atom stereocenters. The van der Waals surface area contributed by atoms with Gasteiger partial charge in [0.25, 0.3) is 10.1 Å². The van der Waals surface area contributed by atoms with Gasteiger partial charge in [0.15, 0.2) is 5.60 Å². The molecule has 3 aromatic carbocycles. The normalized spacial score (nSPS) is 13.1. The van der Waals surface area contributed by atoms with Crippen LogP contribution < -0.4 is 4.74 Å². The van der Waals surface area contributed by atoms with Gasteiger partial charge in [-0.2, -0.15) is 13.7 Å². The third kappa shape index (κ3) is 6.96. The van der Waals surface area contributed by atoms with E-state index in [1.54, 1.807) is 31.4 Å². The van der Waals surface area contributed by atoms with Gasteiger partial charge in [0.1, 0.15) is 11.8 Å². The molecule has 5 nitrogen and oxygen atoms in total. The third-order valence-electron chi connectivity index (χ3n) is 6.40. The van der Waals surface area contributed by atoms with Gasteiger partial charge in [-0.25, -0.2) is 4.18 Å². The number of benzene rings is 3. The largest absolute Gasteiger partial charge is 0.497 e. The van der Waals surface area contributed by atoms with Gasteiger partial charge in [-0.3, -0.25) is 0 Å². The zero-order chi connectivity index (χ0) is 26.0. The summed E-state index contributed by atoms with van der Waals surface area (Å²) in [4.78, 5) is 0.0468. The second-order valence-corrected chi connectivity index (χ2v) is 10.7. The Hall–Kier alpha value is -3.14. The van der Waals surface area contributed by atoms with Crippen LogP contribution in [0.25, 0.3) is 11.1 Å². The average molecular weight is 506 g/mol. The van der Waals surface area contributed by atoms with Crippen molar-refractivity contribution in [2.75, 3.05) is 7.11 Å². The minimum atomic E-state index is -4.15. The molecule has 0 aromatic heterocycles. The van der Waals surface area contributed by atoms with Crippen LogP contribution >= 0.6 is 0 Å². The number of ether oxygens (including phenoxy) is 1. The summed E-state index contributed by atoms with van der Waals surface area (Å²) in [5.74, 6) is 0.771. The first-order chi connectivity index (χ1) is 17.3. The molecule has 0 aliphatic carbocycles. The second-order valence-electron chi connectivity index (χ2n) is 9.11. The van der Waals surface area contributed by atoms with E-state index in [1.165, 1.54) is 18.6 Å². The lowest BCUT2D eigenvalue weighted by Gasteiger charge is -2.27. The number of nitrogens with zero attached hydrogens (tertiary/aromatic N) is 1. The average Bonchev–Trinajstić information content (AvgIpc) is 2.90. The standard InChI is InChI=1S/C30H35NO4S/c1-4-5-6-7-8-9-22-30(23-31,35-36(32,33)29-20-10-24(2)11-21-29)27-16-12-25(13-17-27)26-14-18-28(34-3)19-15-26/h10-21H,4-9,22H2,1-3H3. The lowest BCUT2D eigenvalue weighted by atomic mass is 9.88. The van der Waals surface area contributed by atoms with Crippen LogP contribution in [0.4, 0.5) is 0 Å². The topological polar surface area (TPSA) is 76.4 Å². The van der Waals surface area contributed by atoms with Gasteiger partial charge in [0, 0.05) is 0 Å². The molecule has 3 rings (SSSR count). The highest BCUT2D eigenvalue weighted by Crippen LogP contribution is 2.36. The predicted molar refractivity (Wildman–Crippen MR) is 143 cm³/mol. The maximum atomic E-state index is 13.2. The van der Waals surface area contributed by atoms with Crippen molar-refractivity contribution in [3.63, 3.8) is 0 Å². The highest BCUT2D eigenvalue weighted by Gasteiger charge is 2.39. The van der Waals surface area contributed by atoms with Crippen LogP contribution in [0.5, 0.6) is 5.75 Å². The van der Waals surface area contributed by atoms with Crippen LogP contribution in [-0.2, 0) is 19.9 Å². The highest BCUT2D eigenvalue weighted by molar-refractivity contribution is 7.86. The summed E-state index contributed by atoms with van der Waals surface area (Å²) in [5.41, 5.74) is 1.82. The number of hydrogen-bond donors (Lipinski definition) is 0. The Bertz CT molecular complexity index is 1240. The van der Waals surface area contributed by atoms with E-state index in [4.69, 9.17) is 8.92 Å². The van der Waals surface area contributed by atoms with E-state index in [2.05, 4.69) is 13.0 Å². The van der Waals surface area contributed by atoms with Crippen molar-refractivity contribution in [2.24, 2.45) is 0 Å². The van der Waals surface area contributed by atoms with Gasteiger partial charge in [-0.1, -0.05) is 93.1 Å². The lowest BCUT2D eigenvalue weighted by Crippen LogP contribution is -2.31. The number of unbranched alkanes of at least 4 members (excludes halogenated alkanes) is 5. The molecule has 0 aliphatic heterocycles. The van der Waals surface area contributed by atoms with E-state index >= 15 is 0 Å². The summed E-state index contributed by atoms with van der Waals surface area (Å²) in [6, 6.07) is 23.8. The van der Waals surface area contributed by atoms with Crippen molar-refractivity contribution in [1.29, 1.82) is 5.26 Å². The fourth-order valence-electron chi connectivity index (χ4n) is 4.18. The Labute approximate surface area is 215 Å². The van der Waals surface area contributed by atoms with Gasteiger partial charge >= 0.3 is 0 Å². The molecule has 0 amide bonds. The Morgan fingerprint density at radius 2 is 1.36 bits per heavy atom. The maximum Gasteiger partial charge on any atom is 0.298 e. The molecular weight excluding hydrogens is 470 g/mol. The van der Waals surface area contributed by atoms with Crippen LogP contribution in [0.15, 0.2) is 77.7 Å². The SMILES string of the molecule is CCCCCCCCC(C#N)(OS(=O)(=O)c1ccc(C)cc1)c1ccc(-c2ccc(OC)cc2)cc1. The Morgan fingerprint density at radius 1 is 0.806 bits per heavy atom. The van der Waals surface area contributed by atoms with E-state index in [-0.39, 0.29) is 4.90 Å². The van der Waals surface area contributed by atoms with Crippen LogP contribution in [0.3, 0.4) is 0 Å². The number of nitriles is 1. The molecule has 1 atom stereocenters. The summed E-state index contributed by atoms with van der Waals surface area (Å²) in [6.07, 6.45) is 6.42. The van der Waals surface area contributed by atoms with Gasteiger partial charge in [-0.15, -0.1) is 0 Å². The van der Waals surface area contributed by atoms with Gasteiger partial charge in [-0.05, 0) is 60.7 Å². The summed E-state index contributed by atoms with van der Waals surface area (Å²) in [6.45, 7) is 4.06. The molecular formula is C30H35NO4S. The first-order valence-electron chi connectivity index (χ1n) is 12.5. The van der Waals surface area contributed by atoms with Crippen molar-refractivity contribution < 1.29 is 17.3 Å². The first kappa shape index (κ1) is 27.4. The molecule has 36 heavy (non-hydrogen) atoms. The summed E-state index contributed by atoms with van der Waals surface area (Å²) < 4.78 is 37.5. The smallest absolute Gasteiger partial charge is 0.298 e. The summed E-state index contributed by atoms with van der Waals surface area (Å²) in [7, 11) is -2.53. The van der Waals surface area contributed by atoms with Crippen molar-refractivity contribution in [3.8, 4) is 22.9 Å². The minimum Gasteiger partial charge on any atom is -0.497 e. The fourth-order valence-corrected chi connectivity index (χ4v) is 5.34. The first-order valence-corrected chi connectivity index (χ1v) is 13.9. The molecule has 6 heteroatoms. The molecule has 3 aromatic rings. The van der Waals surface area contributed by atoms with Crippen molar-refractivity contribution in [3.05, 3.63) is 83.9 Å². The third-order valence-corrected chi connectivity index (χ3v) is 7.75. The van der Waals surface area contributed by atoms with Crippen LogP contribution in [0, 0.1) is 18.3 Å². The Kier molecular flexibility index (Phi) is 9.69. The van der Waals surface area contributed by atoms with E-state index in [0.29, 0.717) is 18.4 Å². The molecule has 0 heterocycles. The van der Waals surface area contributed by atoms with E-state index in [9.17, 15) is 13.7 Å². The molecule has 190 valence electrons. The maximum absolute atomic E-state index is 13.2. The van der Waals surface area contributed by atoms with Gasteiger partial charge in [0.2, 0.25) is 0 Å². The molecule has 0 fully saturated rings. The highest BCUT2D eigenvalue weighted by atomic mass is 32.2. The van der Waals surface area contributed by atoms with E-state index in [0.717, 1.165) is 48.1 Å². The van der Waals surface area contributed by atoms with Crippen molar-refractivity contribution in [1.82, 2.24) is 0 Å². The number of rotatable bonds is 13. The molecule has 0 spiro atoms. The Morgan fingerprint density at radius 3 is 1.92 bits per heavy atom.